The molecule has 4 rings (SSSR count). The lowest BCUT2D eigenvalue weighted by Crippen LogP contribution is -2.38. The summed E-state index contributed by atoms with van der Waals surface area (Å²) < 4.78 is 2.08. The van der Waals surface area contributed by atoms with Gasteiger partial charge >= 0.3 is 0 Å². The number of aryl methyl sites for hydroxylation is 2. The number of rotatable bonds is 2. The van der Waals surface area contributed by atoms with Crippen molar-refractivity contribution in [3.8, 4) is 5.69 Å². The minimum absolute atomic E-state index is 0.117. The van der Waals surface area contributed by atoms with Crippen molar-refractivity contribution in [2.24, 2.45) is 5.92 Å². The highest BCUT2D eigenvalue weighted by atomic mass is 16.2. The number of hydrogen-bond acceptors (Lipinski definition) is 2. The first kappa shape index (κ1) is 16.8. The van der Waals surface area contributed by atoms with Gasteiger partial charge in [-0.3, -0.25) is 4.79 Å². The second-order valence-corrected chi connectivity index (χ2v) is 7.53. The highest BCUT2D eigenvalue weighted by molar-refractivity contribution is 5.99. The van der Waals surface area contributed by atoms with Gasteiger partial charge in [0.25, 0.3) is 5.91 Å². The van der Waals surface area contributed by atoms with Crippen LogP contribution < -0.4 is 0 Å². The van der Waals surface area contributed by atoms with Crippen molar-refractivity contribution in [2.75, 3.05) is 13.1 Å². The summed E-state index contributed by atoms with van der Waals surface area (Å²) in [5.74, 6) is 0.830. The van der Waals surface area contributed by atoms with Gasteiger partial charge in [-0.2, -0.15) is 0 Å². The molecule has 0 unspecified atom stereocenters. The minimum atomic E-state index is 0.117. The van der Waals surface area contributed by atoms with Gasteiger partial charge in [0.05, 0.1) is 5.56 Å². The molecule has 1 aliphatic rings. The summed E-state index contributed by atoms with van der Waals surface area (Å²) in [6.07, 6.45) is 5.96. The number of aromatic nitrogens is 2. The van der Waals surface area contributed by atoms with E-state index in [1.807, 2.05) is 18.0 Å². The number of pyridine rings is 1. The molecule has 0 atom stereocenters. The maximum Gasteiger partial charge on any atom is 0.255 e. The molecule has 1 fully saturated rings. The van der Waals surface area contributed by atoms with Crippen molar-refractivity contribution in [3.05, 3.63) is 59.4 Å². The topological polar surface area (TPSA) is 38.1 Å². The van der Waals surface area contributed by atoms with E-state index in [1.165, 1.54) is 5.56 Å². The second-order valence-electron chi connectivity index (χ2n) is 7.53. The number of piperidine rings is 1. The molecule has 0 saturated carbocycles. The molecule has 4 nitrogen and oxygen atoms in total. The normalized spacial score (nSPS) is 15.6. The zero-order chi connectivity index (χ0) is 18.3. The summed E-state index contributed by atoms with van der Waals surface area (Å²) in [6, 6.07) is 10.5. The van der Waals surface area contributed by atoms with Gasteiger partial charge < -0.3 is 9.47 Å². The van der Waals surface area contributed by atoms with E-state index < -0.39 is 0 Å². The number of nitrogens with zero attached hydrogens (tertiary/aromatic N) is 3. The van der Waals surface area contributed by atoms with Crippen LogP contribution in [0, 0.1) is 19.8 Å². The summed E-state index contributed by atoms with van der Waals surface area (Å²) in [7, 11) is 0. The van der Waals surface area contributed by atoms with Crippen LogP contribution in [0.25, 0.3) is 16.7 Å². The lowest BCUT2D eigenvalue weighted by molar-refractivity contribution is 0.0696. The van der Waals surface area contributed by atoms with Crippen molar-refractivity contribution < 1.29 is 4.79 Å². The Bertz CT molecular complexity index is 947. The van der Waals surface area contributed by atoms with Crippen molar-refractivity contribution in [2.45, 2.75) is 33.6 Å². The van der Waals surface area contributed by atoms with E-state index in [4.69, 9.17) is 0 Å². The fourth-order valence-electron chi connectivity index (χ4n) is 3.73. The molecule has 4 heteroatoms. The zero-order valence-electron chi connectivity index (χ0n) is 15.7. The third-order valence-corrected chi connectivity index (χ3v) is 5.60. The minimum Gasteiger partial charge on any atom is -0.339 e. The Hall–Kier alpha value is -2.62. The predicted octanol–water partition coefficient (Wildman–Crippen LogP) is 4.51. The average Bonchev–Trinajstić information content (AvgIpc) is 3.08. The largest absolute Gasteiger partial charge is 0.339 e. The molecule has 1 saturated heterocycles. The third kappa shape index (κ3) is 2.90. The van der Waals surface area contributed by atoms with Crippen LogP contribution in [0.2, 0.25) is 0 Å². The molecule has 0 aliphatic carbocycles. The Kier molecular flexibility index (Phi) is 4.27. The predicted molar refractivity (Wildman–Crippen MR) is 105 cm³/mol. The molecule has 3 heterocycles. The van der Waals surface area contributed by atoms with Crippen LogP contribution in [0.4, 0.5) is 0 Å². The number of carbonyl (C=O) groups is 1. The Labute approximate surface area is 154 Å². The molecule has 2 aromatic heterocycles. The van der Waals surface area contributed by atoms with Crippen LogP contribution >= 0.6 is 0 Å². The molecule has 0 radical (unpaired) electrons. The van der Waals surface area contributed by atoms with Crippen LogP contribution in [0.1, 0.15) is 41.3 Å². The third-order valence-electron chi connectivity index (χ3n) is 5.60. The van der Waals surface area contributed by atoms with Gasteiger partial charge in [0.1, 0.15) is 5.65 Å². The Balaban J connectivity index is 1.70. The molecule has 0 N–H and O–H groups in total. The van der Waals surface area contributed by atoms with Crippen molar-refractivity contribution in [1.82, 2.24) is 14.5 Å². The molecule has 26 heavy (non-hydrogen) atoms. The number of hydrogen-bond donors (Lipinski definition) is 0. The van der Waals surface area contributed by atoms with Crippen molar-refractivity contribution >= 4 is 16.9 Å². The van der Waals surface area contributed by atoms with Gasteiger partial charge in [0.2, 0.25) is 0 Å². The van der Waals surface area contributed by atoms with Crippen molar-refractivity contribution in [3.63, 3.8) is 0 Å². The standard InChI is InChI=1S/C22H25N3O/c1-15-4-6-18(7-5-15)25-13-10-19-17(3)20(14-23-21(19)25)22(26)24-11-8-16(2)9-12-24/h4-7,10,13-14,16H,8-9,11-12H2,1-3H3. The van der Waals surface area contributed by atoms with Crippen LogP contribution in [0.5, 0.6) is 0 Å². The van der Waals surface area contributed by atoms with Crippen molar-refractivity contribution in [1.29, 1.82) is 0 Å². The molecule has 1 aromatic carbocycles. The summed E-state index contributed by atoms with van der Waals surface area (Å²) >= 11 is 0. The molecule has 0 spiro atoms. The van der Waals surface area contributed by atoms with E-state index >= 15 is 0 Å². The summed E-state index contributed by atoms with van der Waals surface area (Å²) in [5, 5.41) is 1.04. The Morgan fingerprint density at radius 2 is 1.77 bits per heavy atom. The highest BCUT2D eigenvalue weighted by Crippen LogP contribution is 2.26. The fourth-order valence-corrected chi connectivity index (χ4v) is 3.73. The molecule has 134 valence electrons. The smallest absolute Gasteiger partial charge is 0.255 e. The van der Waals surface area contributed by atoms with Crippen LogP contribution in [-0.4, -0.2) is 33.4 Å². The highest BCUT2D eigenvalue weighted by Gasteiger charge is 2.24. The Morgan fingerprint density at radius 3 is 2.46 bits per heavy atom. The summed E-state index contributed by atoms with van der Waals surface area (Å²) in [4.78, 5) is 19.6. The molecule has 1 aliphatic heterocycles. The quantitative estimate of drug-likeness (QED) is 0.684. The maximum atomic E-state index is 13.0. The number of fused-ring (bicyclic) bond motifs is 1. The summed E-state index contributed by atoms with van der Waals surface area (Å²) in [5.41, 5.74) is 4.97. The van der Waals surface area contributed by atoms with Gasteiger partial charge in [0, 0.05) is 36.6 Å². The van der Waals surface area contributed by atoms with E-state index in [0.717, 1.165) is 53.8 Å². The lowest BCUT2D eigenvalue weighted by atomic mass is 9.98. The van der Waals surface area contributed by atoms with Gasteiger partial charge in [-0.25, -0.2) is 4.98 Å². The van der Waals surface area contributed by atoms with E-state index in [2.05, 4.69) is 53.7 Å². The summed E-state index contributed by atoms with van der Waals surface area (Å²) in [6.45, 7) is 8.07. The first-order valence-corrected chi connectivity index (χ1v) is 9.37. The number of likely N-dealkylation sites (tertiary alicyclic amines) is 1. The van der Waals surface area contributed by atoms with Gasteiger partial charge in [-0.1, -0.05) is 24.6 Å². The molecule has 1 amide bonds. The van der Waals surface area contributed by atoms with Crippen LogP contribution in [0.15, 0.2) is 42.7 Å². The van der Waals surface area contributed by atoms with E-state index in [-0.39, 0.29) is 5.91 Å². The van der Waals surface area contributed by atoms with Crippen LogP contribution in [-0.2, 0) is 0 Å². The monoisotopic (exact) mass is 347 g/mol. The maximum absolute atomic E-state index is 13.0. The van der Waals surface area contributed by atoms with E-state index in [1.54, 1.807) is 6.20 Å². The first-order valence-electron chi connectivity index (χ1n) is 9.37. The Morgan fingerprint density at radius 1 is 1.08 bits per heavy atom. The van der Waals surface area contributed by atoms with Crippen LogP contribution in [0.3, 0.4) is 0 Å². The molecule has 3 aromatic rings. The van der Waals surface area contributed by atoms with E-state index in [0.29, 0.717) is 5.92 Å². The number of benzene rings is 1. The van der Waals surface area contributed by atoms with Gasteiger partial charge in [-0.05, 0) is 56.4 Å². The van der Waals surface area contributed by atoms with E-state index in [9.17, 15) is 4.79 Å². The SMILES string of the molecule is Cc1ccc(-n2ccc3c(C)c(C(=O)N4CCC(C)CC4)cnc32)cc1. The molecular weight excluding hydrogens is 322 g/mol. The molecule has 0 bridgehead atoms. The number of amides is 1. The second kappa shape index (κ2) is 6.60. The average molecular weight is 347 g/mol. The lowest BCUT2D eigenvalue weighted by Gasteiger charge is -2.30. The number of carbonyl (C=O) groups excluding carboxylic acids is 1. The fraction of sp³-hybridized carbons (Fsp3) is 0.364. The first-order chi connectivity index (χ1) is 12.5. The zero-order valence-corrected chi connectivity index (χ0v) is 15.7. The van der Waals surface area contributed by atoms with Gasteiger partial charge in [-0.15, -0.1) is 0 Å². The van der Waals surface area contributed by atoms with Gasteiger partial charge in [0.15, 0.2) is 0 Å². The molecular formula is C22H25N3O.